The summed E-state index contributed by atoms with van der Waals surface area (Å²) in [5, 5.41) is 4.08. The summed E-state index contributed by atoms with van der Waals surface area (Å²) < 4.78 is 5.12. The zero-order valence-electron chi connectivity index (χ0n) is 11.9. The van der Waals surface area contributed by atoms with Crippen molar-refractivity contribution in [1.82, 2.24) is 4.98 Å². The minimum absolute atomic E-state index is 0.610. The zero-order valence-corrected chi connectivity index (χ0v) is 12.6. The van der Waals surface area contributed by atoms with Crippen LogP contribution < -0.4 is 15.0 Å². The van der Waals surface area contributed by atoms with E-state index in [2.05, 4.69) is 10.3 Å². The van der Waals surface area contributed by atoms with E-state index in [9.17, 15) is 0 Å². The van der Waals surface area contributed by atoms with E-state index in [4.69, 9.17) is 16.3 Å². The van der Waals surface area contributed by atoms with Gasteiger partial charge >= 0.3 is 0 Å². The van der Waals surface area contributed by atoms with E-state index in [-0.39, 0.29) is 0 Å². The molecule has 0 aliphatic heterocycles. The fourth-order valence-electron chi connectivity index (χ4n) is 1.97. The number of pyridine rings is 1. The first-order valence-corrected chi connectivity index (χ1v) is 6.69. The minimum atomic E-state index is 0.610. The summed E-state index contributed by atoms with van der Waals surface area (Å²) in [6, 6.07) is 11.5. The van der Waals surface area contributed by atoms with Crippen molar-refractivity contribution in [2.75, 3.05) is 31.4 Å². The van der Waals surface area contributed by atoms with Crippen LogP contribution in [-0.2, 0) is 6.54 Å². The highest BCUT2D eigenvalue weighted by molar-refractivity contribution is 6.34. The zero-order chi connectivity index (χ0) is 14.5. The predicted molar refractivity (Wildman–Crippen MR) is 83.9 cm³/mol. The van der Waals surface area contributed by atoms with Crippen LogP contribution in [0.5, 0.6) is 5.88 Å². The van der Waals surface area contributed by atoms with E-state index in [0.29, 0.717) is 12.4 Å². The van der Waals surface area contributed by atoms with E-state index >= 15 is 0 Å². The molecule has 1 aromatic heterocycles. The summed E-state index contributed by atoms with van der Waals surface area (Å²) in [7, 11) is 5.55. The molecule has 106 valence electrons. The fourth-order valence-corrected chi connectivity index (χ4v) is 2.31. The highest BCUT2D eigenvalue weighted by atomic mass is 35.5. The Labute approximate surface area is 124 Å². The van der Waals surface area contributed by atoms with E-state index in [1.165, 1.54) is 0 Å². The second-order valence-electron chi connectivity index (χ2n) is 4.56. The standard InChI is InChI=1S/C15H18ClN3O/c1-19(2)15-12(16)7-5-8-13(15)17-10-11-6-4-9-14(18-11)20-3/h4-9,17H,10H2,1-3H3. The summed E-state index contributed by atoms with van der Waals surface area (Å²) in [4.78, 5) is 6.36. The molecule has 20 heavy (non-hydrogen) atoms. The van der Waals surface area contributed by atoms with Crippen molar-refractivity contribution in [3.05, 3.63) is 47.1 Å². The Balaban J connectivity index is 2.16. The molecule has 0 aliphatic rings. The highest BCUT2D eigenvalue weighted by Crippen LogP contribution is 2.32. The van der Waals surface area contributed by atoms with Gasteiger partial charge in [-0.05, 0) is 18.2 Å². The Kier molecular flexibility index (Phi) is 4.69. The maximum absolute atomic E-state index is 6.24. The van der Waals surface area contributed by atoms with Gasteiger partial charge in [0.25, 0.3) is 0 Å². The molecule has 0 bridgehead atoms. The number of aromatic nitrogens is 1. The van der Waals surface area contributed by atoms with Crippen molar-refractivity contribution in [1.29, 1.82) is 0 Å². The second-order valence-corrected chi connectivity index (χ2v) is 4.96. The van der Waals surface area contributed by atoms with Gasteiger partial charge in [0.1, 0.15) is 0 Å². The molecular weight excluding hydrogens is 274 g/mol. The number of rotatable bonds is 5. The topological polar surface area (TPSA) is 37.4 Å². The molecule has 0 radical (unpaired) electrons. The Morgan fingerprint density at radius 1 is 1.20 bits per heavy atom. The molecule has 4 nitrogen and oxygen atoms in total. The van der Waals surface area contributed by atoms with Crippen molar-refractivity contribution in [3.8, 4) is 5.88 Å². The van der Waals surface area contributed by atoms with Gasteiger partial charge in [0.2, 0.25) is 5.88 Å². The van der Waals surface area contributed by atoms with Gasteiger partial charge in [-0.25, -0.2) is 4.98 Å². The predicted octanol–water partition coefficient (Wildman–Crippen LogP) is 3.42. The number of nitrogens with zero attached hydrogens (tertiary/aromatic N) is 2. The van der Waals surface area contributed by atoms with Crippen LogP contribution in [0.2, 0.25) is 5.02 Å². The van der Waals surface area contributed by atoms with Crippen LogP contribution >= 0.6 is 11.6 Å². The first-order chi connectivity index (χ1) is 9.61. The molecule has 1 N–H and O–H groups in total. The SMILES string of the molecule is COc1cccc(CNc2cccc(Cl)c2N(C)C)n1. The van der Waals surface area contributed by atoms with Crippen LogP contribution in [-0.4, -0.2) is 26.2 Å². The third kappa shape index (κ3) is 3.33. The molecule has 0 unspecified atom stereocenters. The molecule has 0 aliphatic carbocycles. The van der Waals surface area contributed by atoms with E-state index in [1.807, 2.05) is 55.4 Å². The Morgan fingerprint density at radius 2 is 1.95 bits per heavy atom. The van der Waals surface area contributed by atoms with Crippen LogP contribution in [0.1, 0.15) is 5.69 Å². The molecule has 1 aromatic carbocycles. The molecule has 0 fully saturated rings. The number of methoxy groups -OCH3 is 1. The third-order valence-corrected chi connectivity index (χ3v) is 3.19. The molecule has 0 saturated carbocycles. The first-order valence-electron chi connectivity index (χ1n) is 6.31. The lowest BCUT2D eigenvalue weighted by Crippen LogP contribution is -2.13. The number of hydrogen-bond acceptors (Lipinski definition) is 4. The molecule has 0 spiro atoms. The van der Waals surface area contributed by atoms with Crippen molar-refractivity contribution >= 4 is 23.0 Å². The number of para-hydroxylation sites is 1. The molecule has 0 amide bonds. The van der Waals surface area contributed by atoms with E-state index < -0.39 is 0 Å². The normalized spacial score (nSPS) is 10.2. The van der Waals surface area contributed by atoms with Crippen LogP contribution in [0.25, 0.3) is 0 Å². The van der Waals surface area contributed by atoms with Gasteiger partial charge in [-0.3, -0.25) is 0 Å². The second kappa shape index (κ2) is 6.48. The largest absolute Gasteiger partial charge is 0.481 e. The quantitative estimate of drug-likeness (QED) is 0.916. The molecule has 0 saturated heterocycles. The van der Waals surface area contributed by atoms with Crippen LogP contribution in [0.15, 0.2) is 36.4 Å². The average molecular weight is 292 g/mol. The summed E-state index contributed by atoms with van der Waals surface area (Å²) >= 11 is 6.24. The van der Waals surface area contributed by atoms with Gasteiger partial charge in [-0.2, -0.15) is 0 Å². The van der Waals surface area contributed by atoms with Gasteiger partial charge in [0.15, 0.2) is 0 Å². The maximum Gasteiger partial charge on any atom is 0.213 e. The van der Waals surface area contributed by atoms with Crippen LogP contribution in [0.4, 0.5) is 11.4 Å². The number of nitrogens with one attached hydrogen (secondary N) is 1. The van der Waals surface area contributed by atoms with E-state index in [1.54, 1.807) is 7.11 Å². The van der Waals surface area contributed by atoms with Gasteiger partial charge in [0, 0.05) is 20.2 Å². The Hall–Kier alpha value is -1.94. The first kappa shape index (κ1) is 14.5. The molecule has 2 aromatic rings. The van der Waals surface area contributed by atoms with Gasteiger partial charge in [-0.1, -0.05) is 23.7 Å². The summed E-state index contributed by atoms with van der Waals surface area (Å²) in [6.07, 6.45) is 0. The monoisotopic (exact) mass is 291 g/mol. The fraction of sp³-hybridized carbons (Fsp3) is 0.267. The molecule has 5 heteroatoms. The van der Waals surface area contributed by atoms with Crippen molar-refractivity contribution in [2.45, 2.75) is 6.54 Å². The lowest BCUT2D eigenvalue weighted by Gasteiger charge is -2.20. The maximum atomic E-state index is 6.24. The number of ether oxygens (including phenoxy) is 1. The average Bonchev–Trinajstić information content (AvgIpc) is 2.45. The Morgan fingerprint density at radius 3 is 2.65 bits per heavy atom. The van der Waals surface area contributed by atoms with Crippen molar-refractivity contribution < 1.29 is 4.74 Å². The third-order valence-electron chi connectivity index (χ3n) is 2.88. The number of hydrogen-bond donors (Lipinski definition) is 1. The molecular formula is C15H18ClN3O. The summed E-state index contributed by atoms with van der Waals surface area (Å²) in [6.45, 7) is 0.610. The molecule has 0 atom stereocenters. The Bertz CT molecular complexity index is 587. The number of halogens is 1. The summed E-state index contributed by atoms with van der Waals surface area (Å²) in [5.74, 6) is 0.614. The van der Waals surface area contributed by atoms with Crippen molar-refractivity contribution in [2.24, 2.45) is 0 Å². The van der Waals surface area contributed by atoms with Crippen LogP contribution in [0.3, 0.4) is 0 Å². The lowest BCUT2D eigenvalue weighted by atomic mass is 10.2. The number of benzene rings is 1. The smallest absolute Gasteiger partial charge is 0.213 e. The van der Waals surface area contributed by atoms with E-state index in [0.717, 1.165) is 22.1 Å². The van der Waals surface area contributed by atoms with Crippen molar-refractivity contribution in [3.63, 3.8) is 0 Å². The molecule has 1 heterocycles. The number of anilines is 2. The lowest BCUT2D eigenvalue weighted by molar-refractivity contribution is 0.396. The highest BCUT2D eigenvalue weighted by Gasteiger charge is 2.09. The molecule has 2 rings (SSSR count). The van der Waals surface area contributed by atoms with Crippen LogP contribution in [0, 0.1) is 0 Å². The minimum Gasteiger partial charge on any atom is -0.481 e. The van der Waals surface area contributed by atoms with Gasteiger partial charge < -0.3 is 15.0 Å². The van der Waals surface area contributed by atoms with Gasteiger partial charge in [-0.15, -0.1) is 0 Å². The summed E-state index contributed by atoms with van der Waals surface area (Å²) in [5.41, 5.74) is 2.86. The van der Waals surface area contributed by atoms with Gasteiger partial charge in [0.05, 0.1) is 35.7 Å².